The number of rotatable bonds is 3. The number of benzene rings is 1. The summed E-state index contributed by atoms with van der Waals surface area (Å²) in [6.45, 7) is 4.32. The third kappa shape index (κ3) is 2.83. The molecule has 1 aliphatic heterocycles. The summed E-state index contributed by atoms with van der Waals surface area (Å²) in [6, 6.07) is 9.03. The maximum atomic E-state index is 4.44. The summed E-state index contributed by atoms with van der Waals surface area (Å²) < 4.78 is 1.40. The topological polar surface area (TPSA) is 16.1 Å². The van der Waals surface area contributed by atoms with E-state index in [1.54, 1.807) is 11.3 Å². The third-order valence-corrected chi connectivity index (χ3v) is 5.54. The van der Waals surface area contributed by atoms with E-state index in [4.69, 9.17) is 0 Å². The van der Waals surface area contributed by atoms with E-state index in [9.17, 15) is 0 Å². The number of hydrogen-bond acceptors (Lipinski definition) is 3. The van der Waals surface area contributed by atoms with Crippen molar-refractivity contribution in [1.82, 2.24) is 4.98 Å². The average Bonchev–Trinajstić information content (AvgIpc) is 3.02. The van der Waals surface area contributed by atoms with Crippen LogP contribution in [0.25, 0.3) is 5.57 Å². The van der Waals surface area contributed by atoms with Gasteiger partial charge in [0.2, 0.25) is 0 Å². The van der Waals surface area contributed by atoms with Gasteiger partial charge in [0.15, 0.2) is 0 Å². The van der Waals surface area contributed by atoms with Gasteiger partial charge in [-0.2, -0.15) is 0 Å². The number of nitrogens with zero attached hydrogens (tertiary/aromatic N) is 2. The van der Waals surface area contributed by atoms with Gasteiger partial charge in [0, 0.05) is 0 Å². The normalized spacial score (nSPS) is 16.0. The van der Waals surface area contributed by atoms with Gasteiger partial charge in [-0.1, -0.05) is 0 Å². The van der Waals surface area contributed by atoms with Crippen LogP contribution in [0.2, 0.25) is 5.82 Å². The van der Waals surface area contributed by atoms with Crippen LogP contribution in [0.3, 0.4) is 0 Å². The van der Waals surface area contributed by atoms with Crippen LogP contribution in [0.1, 0.15) is 18.9 Å². The first-order valence-electron chi connectivity index (χ1n) is 6.67. The third-order valence-electron chi connectivity index (χ3n) is 3.70. The maximum absolute atomic E-state index is 4.44. The average molecular weight is 326 g/mol. The van der Waals surface area contributed by atoms with Crippen molar-refractivity contribution in [1.29, 1.82) is 0 Å². The summed E-state index contributed by atoms with van der Waals surface area (Å²) in [5, 5.41) is 3.19. The predicted octanol–water partition coefficient (Wildman–Crippen LogP) is 3.58. The molecular weight excluding hydrogens is 308 g/mol. The Morgan fingerprint density at radius 1 is 1.25 bits per heavy atom. The van der Waals surface area contributed by atoms with E-state index in [0.29, 0.717) is 0 Å². The van der Waals surface area contributed by atoms with Crippen molar-refractivity contribution in [2.24, 2.45) is 0 Å². The van der Waals surface area contributed by atoms with Crippen molar-refractivity contribution in [3.63, 3.8) is 0 Å². The molecule has 0 bridgehead atoms. The Kier molecular flexibility index (Phi) is 4.25. The minimum absolute atomic E-state index is 0.977. The quantitative estimate of drug-likeness (QED) is 0.802. The Morgan fingerprint density at radius 3 is 2.70 bits per heavy atom. The van der Waals surface area contributed by atoms with Gasteiger partial charge in [-0.3, -0.25) is 0 Å². The molecule has 0 spiro atoms. The molecule has 0 radical (unpaired) electrons. The summed E-state index contributed by atoms with van der Waals surface area (Å²) in [7, 11) is 0. The molecule has 106 valence electrons. The van der Waals surface area contributed by atoms with Gasteiger partial charge in [0.05, 0.1) is 0 Å². The molecule has 4 heteroatoms. The zero-order valence-corrected chi connectivity index (χ0v) is 13.7. The molecule has 2 heterocycles. The fourth-order valence-corrected chi connectivity index (χ4v) is 3.72. The van der Waals surface area contributed by atoms with E-state index in [1.807, 2.05) is 6.20 Å². The molecule has 0 fully saturated rings. The standard InChI is InChI=1S/C15H15N2S.CH3.Fe/c1-12-7-9-17(15-16-8-10-18-15)11-14(12)13-5-3-2-4-6-13;;/h3-6,8,10H,7,9,11H2,1H3;1H3;. The van der Waals surface area contributed by atoms with Crippen molar-refractivity contribution in [3.8, 4) is 0 Å². The molecule has 0 unspecified atom stereocenters. The van der Waals surface area contributed by atoms with E-state index in [0.717, 1.165) is 39.6 Å². The van der Waals surface area contributed by atoms with E-state index in [2.05, 4.69) is 52.3 Å². The molecule has 0 saturated heterocycles. The van der Waals surface area contributed by atoms with Gasteiger partial charge in [-0.25, -0.2) is 0 Å². The van der Waals surface area contributed by atoms with E-state index < -0.39 is 0 Å². The van der Waals surface area contributed by atoms with Crippen LogP contribution in [0.15, 0.2) is 41.4 Å². The summed E-state index contributed by atoms with van der Waals surface area (Å²) in [5.74, 6) is 2.20. The monoisotopic (exact) mass is 326 g/mol. The number of thiazole rings is 1. The molecule has 2 aromatic rings. The van der Waals surface area contributed by atoms with Crippen LogP contribution >= 0.6 is 11.3 Å². The van der Waals surface area contributed by atoms with Crippen LogP contribution in [0.4, 0.5) is 5.13 Å². The number of anilines is 1. The Balaban J connectivity index is 1.86. The first-order valence-corrected chi connectivity index (χ1v) is 9.21. The summed E-state index contributed by atoms with van der Waals surface area (Å²) >= 11 is 2.83. The van der Waals surface area contributed by atoms with Gasteiger partial charge < -0.3 is 0 Å². The molecule has 0 atom stereocenters. The first-order chi connectivity index (χ1) is 9.78. The fourth-order valence-electron chi connectivity index (χ4n) is 2.50. The van der Waals surface area contributed by atoms with Crippen molar-refractivity contribution >= 4 is 26.5 Å². The van der Waals surface area contributed by atoms with Crippen LogP contribution in [0, 0.1) is 0 Å². The summed E-state index contributed by atoms with van der Waals surface area (Å²) in [5.41, 5.74) is 4.34. The fraction of sp³-hybridized carbons (Fsp3) is 0.312. The van der Waals surface area contributed by atoms with Crippen molar-refractivity contribution in [3.05, 3.63) is 47.0 Å². The predicted molar refractivity (Wildman–Crippen MR) is 83.5 cm³/mol. The molecule has 0 amide bonds. The zero-order chi connectivity index (χ0) is 13.9. The van der Waals surface area contributed by atoms with Gasteiger partial charge in [0.25, 0.3) is 0 Å². The molecule has 1 aliphatic rings. The van der Waals surface area contributed by atoms with E-state index in [-0.39, 0.29) is 0 Å². The second kappa shape index (κ2) is 6.13. The van der Waals surface area contributed by atoms with E-state index >= 15 is 0 Å². The zero-order valence-electron chi connectivity index (χ0n) is 11.7. The molecule has 0 N–H and O–H groups in total. The summed E-state index contributed by atoms with van der Waals surface area (Å²) in [4.78, 5) is 6.83. The second-order valence-corrected chi connectivity index (χ2v) is 6.98. The number of aromatic nitrogens is 1. The van der Waals surface area contributed by atoms with Crippen LogP contribution in [0.5, 0.6) is 0 Å². The molecule has 3 rings (SSSR count). The Hall–Kier alpha value is -1.09. The Bertz CT molecular complexity index is 602. The van der Waals surface area contributed by atoms with E-state index in [1.165, 1.54) is 21.2 Å². The van der Waals surface area contributed by atoms with Crippen molar-refractivity contribution in [2.45, 2.75) is 19.2 Å². The van der Waals surface area contributed by atoms with Crippen LogP contribution in [-0.4, -0.2) is 18.1 Å². The molecule has 2 nitrogen and oxygen atoms in total. The molecule has 0 aliphatic carbocycles. The van der Waals surface area contributed by atoms with Gasteiger partial charge in [0.1, 0.15) is 0 Å². The molecular formula is C16H18FeN2S. The molecule has 20 heavy (non-hydrogen) atoms. The molecule has 1 aromatic heterocycles. The van der Waals surface area contributed by atoms with Crippen molar-refractivity contribution < 1.29 is 15.0 Å². The molecule has 0 saturated carbocycles. The SMILES string of the molecule is [CH3][Fe][c]1ccc(C2=C(C)CCN(c3nccs3)C2)cc1. The van der Waals surface area contributed by atoms with Gasteiger partial charge in [-0.05, 0) is 0 Å². The second-order valence-electron chi connectivity index (χ2n) is 4.91. The van der Waals surface area contributed by atoms with Crippen LogP contribution in [-0.2, 0) is 15.0 Å². The Morgan fingerprint density at radius 2 is 2.05 bits per heavy atom. The number of hydrogen-bond donors (Lipinski definition) is 0. The van der Waals surface area contributed by atoms with Gasteiger partial charge >= 0.3 is 131 Å². The van der Waals surface area contributed by atoms with Crippen molar-refractivity contribution in [2.75, 3.05) is 18.0 Å². The Labute approximate surface area is 130 Å². The molecule has 1 aromatic carbocycles. The summed E-state index contributed by atoms with van der Waals surface area (Å²) in [6.07, 6.45) is 3.02. The first kappa shape index (κ1) is 13.9. The van der Waals surface area contributed by atoms with Crippen LogP contribution < -0.4 is 9.36 Å². The van der Waals surface area contributed by atoms with Gasteiger partial charge in [-0.15, -0.1) is 0 Å². The minimum atomic E-state index is 0.977.